The summed E-state index contributed by atoms with van der Waals surface area (Å²) in [7, 11) is 1.97. The van der Waals surface area contributed by atoms with Crippen LogP contribution in [0.3, 0.4) is 0 Å². The van der Waals surface area contributed by atoms with E-state index in [4.69, 9.17) is 11.6 Å². The van der Waals surface area contributed by atoms with E-state index in [1.165, 1.54) is 24.0 Å². The lowest BCUT2D eigenvalue weighted by molar-refractivity contribution is 0.548. The minimum Gasteiger partial charge on any atom is -0.313 e. The topological polar surface area (TPSA) is 29.9 Å². The summed E-state index contributed by atoms with van der Waals surface area (Å²) in [6, 6.07) is 9.05. The average Bonchev–Trinajstić information content (AvgIpc) is 3.22. The third-order valence-corrected chi connectivity index (χ3v) is 4.36. The van der Waals surface area contributed by atoms with E-state index in [9.17, 15) is 0 Å². The molecule has 0 spiro atoms. The lowest BCUT2D eigenvalue weighted by Gasteiger charge is -2.18. The standard InChI is InChI=1S/C17H22ClN3/c1-21-12-13(10-20-21)2-3-15(11-19-17-8-9-17)14-4-6-16(18)7-5-14/h4-7,10,12,15,17,19H,2-3,8-9,11H2,1H3. The van der Waals surface area contributed by atoms with Crippen LogP contribution >= 0.6 is 11.6 Å². The molecule has 0 amide bonds. The Morgan fingerprint density at radius 2 is 2.10 bits per heavy atom. The molecule has 1 fully saturated rings. The summed E-state index contributed by atoms with van der Waals surface area (Å²) < 4.78 is 1.87. The van der Waals surface area contributed by atoms with Crippen molar-refractivity contribution in [3.05, 3.63) is 52.8 Å². The van der Waals surface area contributed by atoms with Crippen molar-refractivity contribution in [2.24, 2.45) is 7.05 Å². The van der Waals surface area contributed by atoms with Gasteiger partial charge in [0.2, 0.25) is 0 Å². The summed E-state index contributed by atoms with van der Waals surface area (Å²) in [6.45, 7) is 1.05. The molecular formula is C17H22ClN3. The van der Waals surface area contributed by atoms with E-state index >= 15 is 0 Å². The van der Waals surface area contributed by atoms with E-state index in [1.807, 2.05) is 30.1 Å². The number of aromatic nitrogens is 2. The van der Waals surface area contributed by atoms with Gasteiger partial charge in [-0.05, 0) is 54.9 Å². The first kappa shape index (κ1) is 14.6. The van der Waals surface area contributed by atoms with Crippen molar-refractivity contribution < 1.29 is 0 Å². The van der Waals surface area contributed by atoms with Crippen molar-refractivity contribution in [3.63, 3.8) is 0 Å². The van der Waals surface area contributed by atoms with Crippen LogP contribution in [0.15, 0.2) is 36.7 Å². The SMILES string of the molecule is Cn1cc(CCC(CNC2CC2)c2ccc(Cl)cc2)cn1. The second-order valence-electron chi connectivity index (χ2n) is 5.99. The number of nitrogens with zero attached hydrogens (tertiary/aromatic N) is 2. The molecule has 112 valence electrons. The van der Waals surface area contributed by atoms with Crippen LogP contribution in [-0.4, -0.2) is 22.4 Å². The monoisotopic (exact) mass is 303 g/mol. The number of hydrogen-bond acceptors (Lipinski definition) is 2. The van der Waals surface area contributed by atoms with Crippen molar-refractivity contribution in [1.29, 1.82) is 0 Å². The van der Waals surface area contributed by atoms with Gasteiger partial charge in [0, 0.05) is 30.9 Å². The number of halogens is 1. The first-order chi connectivity index (χ1) is 10.2. The maximum atomic E-state index is 6.00. The summed E-state index contributed by atoms with van der Waals surface area (Å²) in [4.78, 5) is 0. The number of rotatable bonds is 7. The lowest BCUT2D eigenvalue weighted by atomic mass is 9.93. The zero-order valence-corrected chi connectivity index (χ0v) is 13.2. The van der Waals surface area contributed by atoms with Crippen molar-refractivity contribution in [1.82, 2.24) is 15.1 Å². The zero-order valence-electron chi connectivity index (χ0n) is 12.4. The highest BCUT2D eigenvalue weighted by molar-refractivity contribution is 6.30. The smallest absolute Gasteiger partial charge is 0.0521 e. The van der Waals surface area contributed by atoms with Crippen LogP contribution in [0.5, 0.6) is 0 Å². The quantitative estimate of drug-likeness (QED) is 0.848. The summed E-state index contributed by atoms with van der Waals surface area (Å²) in [5.74, 6) is 0.531. The number of benzene rings is 1. The normalized spacial score (nSPS) is 16.1. The van der Waals surface area contributed by atoms with Gasteiger partial charge in [-0.1, -0.05) is 23.7 Å². The Morgan fingerprint density at radius 3 is 2.71 bits per heavy atom. The van der Waals surface area contributed by atoms with E-state index in [2.05, 4.69) is 28.7 Å². The van der Waals surface area contributed by atoms with E-state index in [-0.39, 0.29) is 0 Å². The van der Waals surface area contributed by atoms with E-state index in [0.29, 0.717) is 5.92 Å². The van der Waals surface area contributed by atoms with E-state index < -0.39 is 0 Å². The van der Waals surface area contributed by atoms with Gasteiger partial charge in [-0.3, -0.25) is 4.68 Å². The van der Waals surface area contributed by atoms with Crippen LogP contribution in [-0.2, 0) is 13.5 Å². The molecule has 0 aliphatic heterocycles. The maximum Gasteiger partial charge on any atom is 0.0521 e. The molecule has 0 radical (unpaired) electrons. The van der Waals surface area contributed by atoms with Crippen molar-refractivity contribution in [3.8, 4) is 0 Å². The summed E-state index contributed by atoms with van der Waals surface area (Å²) >= 11 is 6.00. The third kappa shape index (κ3) is 4.32. The predicted octanol–water partition coefficient (Wildman–Crippen LogP) is 3.54. The molecule has 1 heterocycles. The number of aryl methyl sites for hydroxylation is 2. The predicted molar refractivity (Wildman–Crippen MR) is 86.7 cm³/mol. The zero-order chi connectivity index (χ0) is 14.7. The van der Waals surface area contributed by atoms with Crippen molar-refractivity contribution >= 4 is 11.6 Å². The van der Waals surface area contributed by atoms with Gasteiger partial charge in [0.1, 0.15) is 0 Å². The first-order valence-corrected chi connectivity index (χ1v) is 8.05. The van der Waals surface area contributed by atoms with Gasteiger partial charge < -0.3 is 5.32 Å². The molecule has 0 saturated heterocycles. The molecule has 1 aliphatic rings. The third-order valence-electron chi connectivity index (χ3n) is 4.11. The van der Waals surface area contributed by atoms with Gasteiger partial charge in [0.05, 0.1) is 6.20 Å². The van der Waals surface area contributed by atoms with Crippen LogP contribution in [0.25, 0.3) is 0 Å². The first-order valence-electron chi connectivity index (χ1n) is 7.67. The van der Waals surface area contributed by atoms with E-state index in [0.717, 1.165) is 30.5 Å². The Morgan fingerprint density at radius 1 is 1.33 bits per heavy atom. The highest BCUT2D eigenvalue weighted by Crippen LogP contribution is 2.25. The lowest BCUT2D eigenvalue weighted by Crippen LogP contribution is -2.24. The number of hydrogen-bond donors (Lipinski definition) is 1. The van der Waals surface area contributed by atoms with Gasteiger partial charge in [0.15, 0.2) is 0 Å². The van der Waals surface area contributed by atoms with Gasteiger partial charge in [-0.15, -0.1) is 0 Å². The Kier molecular flexibility index (Phi) is 4.61. The van der Waals surface area contributed by atoms with Gasteiger partial charge in [-0.25, -0.2) is 0 Å². The molecule has 1 aromatic carbocycles. The minimum atomic E-state index is 0.531. The molecule has 1 atom stereocenters. The van der Waals surface area contributed by atoms with Crippen LogP contribution in [0, 0.1) is 0 Å². The fourth-order valence-electron chi connectivity index (χ4n) is 2.66. The molecule has 1 aromatic heterocycles. The fourth-order valence-corrected chi connectivity index (χ4v) is 2.79. The molecule has 1 unspecified atom stereocenters. The molecule has 2 aromatic rings. The molecule has 1 saturated carbocycles. The van der Waals surface area contributed by atoms with E-state index in [1.54, 1.807) is 0 Å². The van der Waals surface area contributed by atoms with Gasteiger partial charge in [-0.2, -0.15) is 5.10 Å². The largest absolute Gasteiger partial charge is 0.313 e. The highest BCUT2D eigenvalue weighted by atomic mass is 35.5. The fraction of sp³-hybridized carbons (Fsp3) is 0.471. The second-order valence-corrected chi connectivity index (χ2v) is 6.43. The molecule has 1 N–H and O–H groups in total. The van der Waals surface area contributed by atoms with Gasteiger partial charge >= 0.3 is 0 Å². The average molecular weight is 304 g/mol. The molecular weight excluding hydrogens is 282 g/mol. The minimum absolute atomic E-state index is 0.531. The summed E-state index contributed by atoms with van der Waals surface area (Å²) in [6.07, 6.45) is 8.92. The Hall–Kier alpha value is -1.32. The molecule has 3 nitrogen and oxygen atoms in total. The van der Waals surface area contributed by atoms with Crippen LogP contribution in [0.4, 0.5) is 0 Å². The Bertz CT molecular complexity index is 572. The van der Waals surface area contributed by atoms with Crippen molar-refractivity contribution in [2.75, 3.05) is 6.54 Å². The molecule has 21 heavy (non-hydrogen) atoms. The maximum absolute atomic E-state index is 6.00. The molecule has 4 heteroatoms. The Labute approximate surface area is 131 Å². The van der Waals surface area contributed by atoms with Crippen LogP contribution < -0.4 is 5.32 Å². The van der Waals surface area contributed by atoms with Crippen LogP contribution in [0.1, 0.15) is 36.3 Å². The molecule has 0 bridgehead atoms. The van der Waals surface area contributed by atoms with Crippen LogP contribution in [0.2, 0.25) is 5.02 Å². The molecule has 1 aliphatic carbocycles. The Balaban J connectivity index is 1.63. The number of nitrogens with one attached hydrogen (secondary N) is 1. The van der Waals surface area contributed by atoms with Gasteiger partial charge in [0.25, 0.3) is 0 Å². The summed E-state index contributed by atoms with van der Waals surface area (Å²) in [5.41, 5.74) is 2.68. The van der Waals surface area contributed by atoms with Crippen molar-refractivity contribution in [2.45, 2.75) is 37.6 Å². The molecule has 3 rings (SSSR count). The highest BCUT2D eigenvalue weighted by Gasteiger charge is 2.22. The second kappa shape index (κ2) is 6.63. The summed E-state index contributed by atoms with van der Waals surface area (Å²) in [5, 5.41) is 8.71.